The summed E-state index contributed by atoms with van der Waals surface area (Å²) in [5, 5.41) is 2.32. The number of hydrogen-bond acceptors (Lipinski definition) is 3. The van der Waals surface area contributed by atoms with Crippen molar-refractivity contribution in [3.63, 3.8) is 0 Å². The summed E-state index contributed by atoms with van der Waals surface area (Å²) in [6, 6.07) is 14.3. The molecule has 19 heavy (non-hydrogen) atoms. The SMILES string of the molecule is CCOc1cn[c]c(-c2cccc3ccccc23)n1. The van der Waals surface area contributed by atoms with Crippen molar-refractivity contribution in [3.05, 3.63) is 54.9 Å². The van der Waals surface area contributed by atoms with Crippen molar-refractivity contribution in [3.8, 4) is 17.1 Å². The Balaban J connectivity index is 2.16. The van der Waals surface area contributed by atoms with E-state index in [9.17, 15) is 0 Å². The first kappa shape index (κ1) is 11.7. The molecule has 0 aliphatic carbocycles. The van der Waals surface area contributed by atoms with Gasteiger partial charge in [-0.15, -0.1) is 0 Å². The third-order valence-electron chi connectivity index (χ3n) is 2.90. The lowest BCUT2D eigenvalue weighted by Crippen LogP contribution is -1.97. The molecule has 0 saturated heterocycles. The summed E-state index contributed by atoms with van der Waals surface area (Å²) in [4.78, 5) is 8.52. The van der Waals surface area contributed by atoms with E-state index < -0.39 is 0 Å². The van der Waals surface area contributed by atoms with Crippen LogP contribution in [0.25, 0.3) is 22.0 Å². The summed E-state index contributed by atoms with van der Waals surface area (Å²) >= 11 is 0. The molecule has 93 valence electrons. The van der Waals surface area contributed by atoms with Gasteiger partial charge >= 0.3 is 0 Å². The van der Waals surface area contributed by atoms with Crippen LogP contribution in [-0.2, 0) is 0 Å². The molecule has 0 atom stereocenters. The summed E-state index contributed by atoms with van der Waals surface area (Å²) in [6.07, 6.45) is 4.52. The quantitative estimate of drug-likeness (QED) is 0.712. The lowest BCUT2D eigenvalue weighted by Gasteiger charge is -2.07. The van der Waals surface area contributed by atoms with Crippen LogP contribution in [0.15, 0.2) is 48.7 Å². The van der Waals surface area contributed by atoms with Gasteiger partial charge in [0, 0.05) is 5.56 Å². The maximum atomic E-state index is 5.39. The molecule has 3 rings (SSSR count). The van der Waals surface area contributed by atoms with Gasteiger partial charge in [-0.3, -0.25) is 0 Å². The number of aromatic nitrogens is 2. The monoisotopic (exact) mass is 249 g/mol. The molecule has 0 unspecified atom stereocenters. The van der Waals surface area contributed by atoms with E-state index in [0.717, 1.165) is 10.9 Å². The fourth-order valence-electron chi connectivity index (χ4n) is 2.08. The van der Waals surface area contributed by atoms with E-state index in [4.69, 9.17) is 4.74 Å². The smallest absolute Gasteiger partial charge is 0.232 e. The van der Waals surface area contributed by atoms with Crippen molar-refractivity contribution in [1.29, 1.82) is 0 Å². The second kappa shape index (κ2) is 5.06. The lowest BCUT2D eigenvalue weighted by atomic mass is 10.0. The van der Waals surface area contributed by atoms with E-state index in [1.165, 1.54) is 5.39 Å². The predicted octanol–water partition coefficient (Wildman–Crippen LogP) is 3.50. The molecule has 0 bridgehead atoms. The summed E-state index contributed by atoms with van der Waals surface area (Å²) in [5.41, 5.74) is 1.73. The van der Waals surface area contributed by atoms with Gasteiger partial charge in [-0.2, -0.15) is 0 Å². The Hall–Kier alpha value is -2.42. The Kier molecular flexibility index (Phi) is 3.11. The van der Waals surface area contributed by atoms with Crippen LogP contribution in [0, 0.1) is 6.20 Å². The molecule has 0 N–H and O–H groups in total. The summed E-state index contributed by atoms with van der Waals surface area (Å²) in [7, 11) is 0. The molecule has 0 fully saturated rings. The van der Waals surface area contributed by atoms with E-state index in [2.05, 4.69) is 34.4 Å². The van der Waals surface area contributed by atoms with Gasteiger partial charge in [-0.1, -0.05) is 42.5 Å². The van der Waals surface area contributed by atoms with Crippen LogP contribution in [-0.4, -0.2) is 16.6 Å². The maximum Gasteiger partial charge on any atom is 0.232 e. The Bertz CT molecular complexity index is 704. The van der Waals surface area contributed by atoms with Crippen molar-refractivity contribution in [2.45, 2.75) is 6.92 Å². The highest BCUT2D eigenvalue weighted by molar-refractivity contribution is 5.95. The summed E-state index contributed by atoms with van der Waals surface area (Å²) < 4.78 is 5.39. The van der Waals surface area contributed by atoms with Gasteiger partial charge < -0.3 is 4.74 Å². The maximum absolute atomic E-state index is 5.39. The largest absolute Gasteiger partial charge is 0.477 e. The zero-order valence-electron chi connectivity index (χ0n) is 10.6. The highest BCUT2D eigenvalue weighted by Crippen LogP contribution is 2.27. The average Bonchev–Trinajstić information content (AvgIpc) is 2.47. The topological polar surface area (TPSA) is 35.0 Å². The minimum atomic E-state index is 0.532. The van der Waals surface area contributed by atoms with E-state index >= 15 is 0 Å². The molecule has 0 amide bonds. The Morgan fingerprint density at radius 1 is 1.11 bits per heavy atom. The summed E-state index contributed by atoms with van der Waals surface area (Å²) in [5.74, 6) is 0.532. The molecular formula is C16H13N2O. The van der Waals surface area contributed by atoms with Crippen molar-refractivity contribution >= 4 is 10.8 Å². The van der Waals surface area contributed by atoms with Gasteiger partial charge in [0.2, 0.25) is 5.88 Å². The Morgan fingerprint density at radius 2 is 1.95 bits per heavy atom. The second-order valence-electron chi connectivity index (χ2n) is 4.13. The summed E-state index contributed by atoms with van der Waals surface area (Å²) in [6.45, 7) is 2.50. The third kappa shape index (κ3) is 2.27. The van der Waals surface area contributed by atoms with Crippen LogP contribution in [0.1, 0.15) is 6.92 Å². The highest BCUT2D eigenvalue weighted by atomic mass is 16.5. The normalized spacial score (nSPS) is 10.6. The molecule has 3 nitrogen and oxygen atoms in total. The van der Waals surface area contributed by atoms with Crippen LogP contribution >= 0.6 is 0 Å². The molecule has 0 aliphatic rings. The fraction of sp³-hybridized carbons (Fsp3) is 0.125. The molecule has 1 radical (unpaired) electrons. The van der Waals surface area contributed by atoms with E-state index in [-0.39, 0.29) is 0 Å². The second-order valence-corrected chi connectivity index (χ2v) is 4.13. The first-order valence-electron chi connectivity index (χ1n) is 6.24. The van der Waals surface area contributed by atoms with Crippen molar-refractivity contribution in [2.24, 2.45) is 0 Å². The predicted molar refractivity (Wildman–Crippen MR) is 75.0 cm³/mol. The van der Waals surface area contributed by atoms with Gasteiger partial charge in [0.1, 0.15) is 11.9 Å². The highest BCUT2D eigenvalue weighted by Gasteiger charge is 2.06. The molecule has 3 heteroatoms. The number of benzene rings is 2. The Morgan fingerprint density at radius 3 is 2.84 bits per heavy atom. The van der Waals surface area contributed by atoms with E-state index in [1.807, 2.05) is 31.2 Å². The lowest BCUT2D eigenvalue weighted by molar-refractivity contribution is 0.325. The Labute approximate surface area is 111 Å². The number of nitrogens with zero attached hydrogens (tertiary/aromatic N) is 2. The third-order valence-corrected chi connectivity index (χ3v) is 2.90. The molecule has 2 aromatic carbocycles. The van der Waals surface area contributed by atoms with Gasteiger partial charge in [0.05, 0.1) is 12.8 Å². The first-order chi connectivity index (χ1) is 9.38. The zero-order valence-corrected chi connectivity index (χ0v) is 10.6. The number of ether oxygens (including phenoxy) is 1. The van der Waals surface area contributed by atoms with Crippen molar-refractivity contribution < 1.29 is 4.74 Å². The van der Waals surface area contributed by atoms with Crippen LogP contribution < -0.4 is 4.74 Å². The molecule has 0 spiro atoms. The van der Waals surface area contributed by atoms with Crippen molar-refractivity contribution in [1.82, 2.24) is 9.97 Å². The van der Waals surface area contributed by atoms with E-state index in [1.54, 1.807) is 6.20 Å². The number of rotatable bonds is 3. The first-order valence-corrected chi connectivity index (χ1v) is 6.24. The number of fused-ring (bicyclic) bond motifs is 1. The minimum Gasteiger partial charge on any atom is -0.477 e. The molecule has 1 aromatic heterocycles. The zero-order chi connectivity index (χ0) is 13.1. The average molecular weight is 249 g/mol. The van der Waals surface area contributed by atoms with Gasteiger partial charge in [0.15, 0.2) is 0 Å². The van der Waals surface area contributed by atoms with Gasteiger partial charge in [-0.25, -0.2) is 9.97 Å². The van der Waals surface area contributed by atoms with Crippen LogP contribution in [0.3, 0.4) is 0 Å². The fourth-order valence-corrected chi connectivity index (χ4v) is 2.08. The van der Waals surface area contributed by atoms with E-state index in [0.29, 0.717) is 18.2 Å². The van der Waals surface area contributed by atoms with Crippen molar-refractivity contribution in [2.75, 3.05) is 6.61 Å². The van der Waals surface area contributed by atoms with Crippen LogP contribution in [0.2, 0.25) is 0 Å². The molecular weight excluding hydrogens is 236 g/mol. The van der Waals surface area contributed by atoms with Crippen LogP contribution in [0.5, 0.6) is 5.88 Å². The molecule has 0 saturated carbocycles. The molecule has 1 heterocycles. The molecule has 3 aromatic rings. The minimum absolute atomic E-state index is 0.532. The van der Waals surface area contributed by atoms with Gasteiger partial charge in [-0.05, 0) is 17.7 Å². The number of hydrogen-bond donors (Lipinski definition) is 0. The standard InChI is InChI=1S/C16H13N2O/c1-2-19-16-11-17-10-15(18-16)14-9-5-7-12-6-3-4-8-13(12)14/h3-9,11H,2H2,1H3. The van der Waals surface area contributed by atoms with Crippen LogP contribution in [0.4, 0.5) is 0 Å². The van der Waals surface area contributed by atoms with Gasteiger partial charge in [0.25, 0.3) is 0 Å². The molecule has 0 aliphatic heterocycles.